The molecule has 0 heterocycles. The normalized spacial score (nSPS) is 12.2. The van der Waals surface area contributed by atoms with E-state index in [0.717, 1.165) is 0 Å². The Bertz CT molecular complexity index is 4050. The summed E-state index contributed by atoms with van der Waals surface area (Å²) >= 11 is 0. The summed E-state index contributed by atoms with van der Waals surface area (Å²) in [6.07, 6.45) is 0. The van der Waals surface area contributed by atoms with Gasteiger partial charge in [0.2, 0.25) is 0 Å². The summed E-state index contributed by atoms with van der Waals surface area (Å²) in [6, 6.07) is 65.2. The fraction of sp³-hybridized carbons (Fsp3) is 0.0938. The molecule has 13 aromatic carbocycles. The van der Waals surface area contributed by atoms with Gasteiger partial charge in [0.05, 0.1) is 0 Å². The Balaban J connectivity index is 1.24. The standard InChI is InChI=1S/C64H46/c1-35-27-37(3)56(38(4)28-35)43-23-25-46-45(31-43)33-54-61-48(46)19-13-22-51(61)63-58(41-15-9-7-10-16-41)55-34-53-47-26-24-44(57-39(5)29-36(2)30-40(57)6)32-52(47)49-20-14-21-50(60(49)53)62(55)59(64(54)63)42-17-11-8-12-18-42/h7-34H,1-6H3. The summed E-state index contributed by atoms with van der Waals surface area (Å²) in [5.41, 5.74) is 18.2. The molecule has 64 heavy (non-hydrogen) atoms. The van der Waals surface area contributed by atoms with Gasteiger partial charge in [0.25, 0.3) is 0 Å². The van der Waals surface area contributed by atoms with Crippen molar-refractivity contribution in [2.45, 2.75) is 41.5 Å². The lowest BCUT2D eigenvalue weighted by Gasteiger charge is -2.19. The van der Waals surface area contributed by atoms with Crippen LogP contribution in [0.5, 0.6) is 0 Å². The van der Waals surface area contributed by atoms with Gasteiger partial charge in [-0.2, -0.15) is 0 Å². The first-order chi connectivity index (χ1) is 31.2. The van der Waals surface area contributed by atoms with Gasteiger partial charge in [-0.1, -0.05) is 157 Å². The van der Waals surface area contributed by atoms with Crippen molar-refractivity contribution < 1.29 is 0 Å². The van der Waals surface area contributed by atoms with E-state index < -0.39 is 0 Å². The predicted molar refractivity (Wildman–Crippen MR) is 279 cm³/mol. The zero-order valence-corrected chi connectivity index (χ0v) is 37.2. The van der Waals surface area contributed by atoms with Gasteiger partial charge in [-0.15, -0.1) is 0 Å². The molecule has 302 valence electrons. The van der Waals surface area contributed by atoms with Gasteiger partial charge in [-0.3, -0.25) is 0 Å². The van der Waals surface area contributed by atoms with E-state index in [4.69, 9.17) is 0 Å². The summed E-state index contributed by atoms with van der Waals surface area (Å²) in [6.45, 7) is 13.4. The molecule has 0 radical (unpaired) electrons. The van der Waals surface area contributed by atoms with E-state index in [0.29, 0.717) is 0 Å². The number of fused-ring (bicyclic) bond motifs is 10. The van der Waals surface area contributed by atoms with Crippen molar-refractivity contribution in [3.8, 4) is 44.5 Å². The van der Waals surface area contributed by atoms with E-state index in [1.807, 2.05) is 0 Å². The molecule has 0 amide bonds. The van der Waals surface area contributed by atoms with Gasteiger partial charge >= 0.3 is 0 Å². The van der Waals surface area contributed by atoms with Crippen molar-refractivity contribution in [3.05, 3.63) is 203 Å². The minimum absolute atomic E-state index is 1.24. The monoisotopic (exact) mass is 814 g/mol. The summed E-state index contributed by atoms with van der Waals surface area (Å²) in [4.78, 5) is 0. The minimum Gasteiger partial charge on any atom is -0.0622 e. The van der Waals surface area contributed by atoms with Crippen molar-refractivity contribution in [2.75, 3.05) is 0 Å². The molecule has 0 N–H and O–H groups in total. The van der Waals surface area contributed by atoms with Crippen LogP contribution in [-0.2, 0) is 0 Å². The summed E-state index contributed by atoms with van der Waals surface area (Å²) in [5.74, 6) is 0. The van der Waals surface area contributed by atoms with Gasteiger partial charge in [0.1, 0.15) is 0 Å². The second-order valence-corrected chi connectivity index (χ2v) is 18.7. The maximum Gasteiger partial charge on any atom is -0.000697 e. The van der Waals surface area contributed by atoms with E-state index in [9.17, 15) is 0 Å². The highest BCUT2D eigenvalue weighted by molar-refractivity contribution is 6.46. The molecular weight excluding hydrogens is 769 g/mol. The minimum atomic E-state index is 1.24. The first-order valence-electron chi connectivity index (χ1n) is 22.7. The average molecular weight is 815 g/mol. The molecule has 13 aromatic rings. The van der Waals surface area contributed by atoms with Crippen molar-refractivity contribution in [3.63, 3.8) is 0 Å². The largest absolute Gasteiger partial charge is 0.0622 e. The Morgan fingerprint density at radius 3 is 1.31 bits per heavy atom. The molecule has 0 unspecified atom stereocenters. The first-order valence-corrected chi connectivity index (χ1v) is 22.7. The van der Waals surface area contributed by atoms with Gasteiger partial charge in [-0.05, 0) is 219 Å². The molecule has 0 aliphatic rings. The molecule has 0 heteroatoms. The predicted octanol–water partition coefficient (Wildman–Crippen LogP) is 18.3. The third-order valence-corrected chi connectivity index (χ3v) is 14.6. The average Bonchev–Trinajstić information content (AvgIpc) is 3.78. The third-order valence-electron chi connectivity index (χ3n) is 14.6. The second-order valence-electron chi connectivity index (χ2n) is 18.7. The second kappa shape index (κ2) is 13.5. The molecule has 0 atom stereocenters. The number of benzene rings is 11. The fourth-order valence-corrected chi connectivity index (χ4v) is 12.4. The number of aryl methyl sites for hydroxylation is 6. The topological polar surface area (TPSA) is 0 Å². The molecule has 0 saturated carbocycles. The van der Waals surface area contributed by atoms with Crippen LogP contribution in [0.25, 0.3) is 131 Å². The Morgan fingerprint density at radius 1 is 0.219 bits per heavy atom. The molecular formula is C64H46. The van der Waals surface area contributed by atoms with Crippen molar-refractivity contribution in [1.82, 2.24) is 0 Å². The molecule has 0 fully saturated rings. The van der Waals surface area contributed by atoms with Gasteiger partial charge in [0, 0.05) is 0 Å². The van der Waals surface area contributed by atoms with E-state index >= 15 is 0 Å². The number of rotatable bonds is 4. The lowest BCUT2D eigenvalue weighted by atomic mass is 9.83. The summed E-state index contributed by atoms with van der Waals surface area (Å²) < 4.78 is 0. The Morgan fingerprint density at radius 2 is 0.703 bits per heavy atom. The van der Waals surface area contributed by atoms with Gasteiger partial charge < -0.3 is 0 Å². The molecule has 0 bridgehead atoms. The van der Waals surface area contributed by atoms with Crippen LogP contribution in [0.2, 0.25) is 0 Å². The van der Waals surface area contributed by atoms with Crippen molar-refractivity contribution in [1.29, 1.82) is 0 Å². The Labute approximate surface area is 373 Å². The molecule has 0 aromatic heterocycles. The van der Waals surface area contributed by atoms with E-state index in [-0.39, 0.29) is 0 Å². The highest BCUT2D eigenvalue weighted by Crippen LogP contribution is 2.55. The van der Waals surface area contributed by atoms with Crippen LogP contribution in [0.15, 0.2) is 170 Å². The van der Waals surface area contributed by atoms with E-state index in [1.54, 1.807) is 0 Å². The van der Waals surface area contributed by atoms with Gasteiger partial charge in [-0.25, -0.2) is 0 Å². The summed E-state index contributed by atoms with van der Waals surface area (Å²) in [7, 11) is 0. The molecule has 0 nitrogen and oxygen atoms in total. The van der Waals surface area contributed by atoms with E-state index in [1.165, 1.54) is 164 Å². The maximum atomic E-state index is 2.56. The molecule has 0 spiro atoms. The number of hydrogen-bond acceptors (Lipinski definition) is 0. The molecule has 0 aliphatic heterocycles. The maximum absolute atomic E-state index is 2.56. The third kappa shape index (κ3) is 5.11. The number of hydrogen-bond donors (Lipinski definition) is 0. The highest BCUT2D eigenvalue weighted by atomic mass is 14.3. The van der Waals surface area contributed by atoms with Crippen LogP contribution in [0.3, 0.4) is 0 Å². The first kappa shape index (κ1) is 37.1. The van der Waals surface area contributed by atoms with E-state index in [2.05, 4.69) is 211 Å². The summed E-state index contributed by atoms with van der Waals surface area (Å²) in [5, 5.41) is 21.1. The SMILES string of the molecule is Cc1cc(C)c(-c2ccc3c(c2)cc2c4c(-c5ccccc5)c5c(cc6c7ccc(-c8c(C)cc(C)cc8C)cc7c7cccc5c76)c(-c5ccccc5)c4c4cccc3c42)c(C)c1. The highest BCUT2D eigenvalue weighted by Gasteiger charge is 2.27. The van der Waals surface area contributed by atoms with Crippen molar-refractivity contribution >= 4 is 86.2 Å². The molecule has 0 aliphatic carbocycles. The Hall–Kier alpha value is -7.54. The molecule has 0 saturated heterocycles. The van der Waals surface area contributed by atoms with Gasteiger partial charge in [0.15, 0.2) is 0 Å². The quantitative estimate of drug-likeness (QED) is 0.155. The zero-order valence-electron chi connectivity index (χ0n) is 37.2. The van der Waals surface area contributed by atoms with Crippen LogP contribution in [-0.4, -0.2) is 0 Å². The van der Waals surface area contributed by atoms with Crippen LogP contribution in [0.4, 0.5) is 0 Å². The van der Waals surface area contributed by atoms with Crippen LogP contribution in [0, 0.1) is 41.5 Å². The fourth-order valence-electron chi connectivity index (χ4n) is 12.4. The van der Waals surface area contributed by atoms with Crippen molar-refractivity contribution in [2.24, 2.45) is 0 Å². The Kier molecular flexibility index (Phi) is 7.80. The van der Waals surface area contributed by atoms with Crippen LogP contribution in [0.1, 0.15) is 33.4 Å². The lowest BCUT2D eigenvalue weighted by Crippen LogP contribution is -1.91. The zero-order chi connectivity index (χ0) is 43.1. The van der Waals surface area contributed by atoms with Crippen LogP contribution >= 0.6 is 0 Å². The molecule has 13 rings (SSSR count). The smallest absolute Gasteiger partial charge is 0.000697 e. The van der Waals surface area contributed by atoms with Crippen LogP contribution < -0.4 is 0 Å². The lowest BCUT2D eigenvalue weighted by molar-refractivity contribution is 1.32.